The molecule has 0 aromatic heterocycles. The van der Waals surface area contributed by atoms with Crippen LogP contribution in [0.5, 0.6) is 0 Å². The van der Waals surface area contributed by atoms with Gasteiger partial charge in [0.1, 0.15) is 0 Å². The van der Waals surface area contributed by atoms with E-state index in [0.29, 0.717) is 5.41 Å². The number of rotatable bonds is 0. The lowest BCUT2D eigenvalue weighted by Gasteiger charge is -2.17. The number of hydrogen-bond donors (Lipinski definition) is 0. The second-order valence-electron chi connectivity index (χ2n) is 4.17. The highest BCUT2D eigenvalue weighted by molar-refractivity contribution is 5.63. The van der Waals surface area contributed by atoms with Crippen LogP contribution in [0.15, 0.2) is 30.3 Å². The molecule has 0 nitrogen and oxygen atoms in total. The molecule has 0 aliphatic heterocycles. The van der Waals surface area contributed by atoms with Crippen molar-refractivity contribution in [1.29, 1.82) is 0 Å². The summed E-state index contributed by atoms with van der Waals surface area (Å²) in [5.74, 6) is 0.826. The van der Waals surface area contributed by atoms with E-state index >= 15 is 0 Å². The maximum absolute atomic E-state index is 2.38. The van der Waals surface area contributed by atoms with Gasteiger partial charge in [0, 0.05) is 0 Å². The third-order valence-electron chi connectivity index (χ3n) is 3.39. The molecule has 0 heterocycles. The lowest BCUT2D eigenvalue weighted by atomic mass is 9.87. The second kappa shape index (κ2) is 1.82. The van der Waals surface area contributed by atoms with Gasteiger partial charge in [0.25, 0.3) is 0 Å². The Labute approximate surface area is 72.9 Å². The van der Waals surface area contributed by atoms with Gasteiger partial charge in [-0.05, 0) is 28.9 Å². The van der Waals surface area contributed by atoms with Crippen LogP contribution in [0.1, 0.15) is 24.5 Å². The summed E-state index contributed by atoms with van der Waals surface area (Å²) in [4.78, 5) is 0. The van der Waals surface area contributed by atoms with Crippen molar-refractivity contribution in [2.75, 3.05) is 0 Å². The molecule has 0 heteroatoms. The number of allylic oxidation sites excluding steroid dienone is 1. The normalized spacial score (nSPS) is 35.6. The van der Waals surface area contributed by atoms with Gasteiger partial charge in [0.15, 0.2) is 0 Å². The summed E-state index contributed by atoms with van der Waals surface area (Å²) in [5, 5.41) is 0. The van der Waals surface area contributed by atoms with Crippen molar-refractivity contribution < 1.29 is 0 Å². The fourth-order valence-electron chi connectivity index (χ4n) is 2.37. The van der Waals surface area contributed by atoms with Crippen LogP contribution in [0.25, 0.3) is 6.08 Å². The molecular formula is C12H12. The predicted molar refractivity (Wildman–Crippen MR) is 50.9 cm³/mol. The van der Waals surface area contributed by atoms with Crippen molar-refractivity contribution in [3.8, 4) is 0 Å². The summed E-state index contributed by atoms with van der Waals surface area (Å²) in [6.07, 6.45) is 5.98. The molecule has 60 valence electrons. The van der Waals surface area contributed by atoms with Crippen LogP contribution in [-0.2, 0) is 5.41 Å². The third kappa shape index (κ3) is 0.632. The van der Waals surface area contributed by atoms with Crippen molar-refractivity contribution in [2.45, 2.75) is 18.8 Å². The fourth-order valence-corrected chi connectivity index (χ4v) is 2.37. The molecule has 0 amide bonds. The van der Waals surface area contributed by atoms with E-state index in [2.05, 4.69) is 43.3 Å². The zero-order chi connectivity index (χ0) is 8.18. The minimum atomic E-state index is 0.491. The van der Waals surface area contributed by atoms with Crippen molar-refractivity contribution in [1.82, 2.24) is 0 Å². The Kier molecular flexibility index (Phi) is 0.982. The van der Waals surface area contributed by atoms with Crippen LogP contribution in [0.4, 0.5) is 0 Å². The topological polar surface area (TPSA) is 0 Å². The van der Waals surface area contributed by atoms with Crippen molar-refractivity contribution >= 4 is 6.08 Å². The van der Waals surface area contributed by atoms with Gasteiger partial charge >= 0.3 is 0 Å². The van der Waals surface area contributed by atoms with E-state index in [1.165, 1.54) is 12.0 Å². The van der Waals surface area contributed by atoms with E-state index in [-0.39, 0.29) is 0 Å². The van der Waals surface area contributed by atoms with E-state index < -0.39 is 0 Å². The standard InChI is InChI=1S/C12H12/c1-12-8-10(12)7-6-9-4-2-3-5-11(9)12/h2-7,10H,8H2,1H3/t10-,12?/m0/s1. The van der Waals surface area contributed by atoms with Gasteiger partial charge in [-0.3, -0.25) is 0 Å². The molecule has 0 bridgehead atoms. The molecule has 1 fully saturated rings. The second-order valence-corrected chi connectivity index (χ2v) is 4.17. The monoisotopic (exact) mass is 156 g/mol. The molecule has 2 aliphatic carbocycles. The molecule has 0 saturated heterocycles. The Balaban J connectivity index is 2.27. The largest absolute Gasteiger partial charge is 0.0799 e. The molecule has 0 spiro atoms. The highest BCUT2D eigenvalue weighted by Gasteiger charge is 2.51. The maximum Gasteiger partial charge on any atom is -0.0000298 e. The van der Waals surface area contributed by atoms with E-state index in [1.807, 2.05) is 0 Å². The SMILES string of the molecule is CC12C[C@@H]1C=Cc1ccccc12. The minimum Gasteiger partial charge on any atom is -0.0799 e. The minimum absolute atomic E-state index is 0.491. The van der Waals surface area contributed by atoms with Gasteiger partial charge in [-0.2, -0.15) is 0 Å². The molecule has 0 radical (unpaired) electrons. The predicted octanol–water partition coefficient (Wildman–Crippen LogP) is 2.99. The van der Waals surface area contributed by atoms with Crippen LogP contribution < -0.4 is 0 Å². The van der Waals surface area contributed by atoms with Gasteiger partial charge in [-0.15, -0.1) is 0 Å². The van der Waals surface area contributed by atoms with Crippen LogP contribution in [-0.4, -0.2) is 0 Å². The summed E-state index contributed by atoms with van der Waals surface area (Å²) in [6, 6.07) is 8.76. The summed E-state index contributed by atoms with van der Waals surface area (Å²) in [5.41, 5.74) is 3.47. The Morgan fingerprint density at radius 3 is 3.08 bits per heavy atom. The average Bonchev–Trinajstić information content (AvgIpc) is 2.78. The molecule has 2 aliphatic rings. The lowest BCUT2D eigenvalue weighted by Crippen LogP contribution is -2.08. The third-order valence-corrected chi connectivity index (χ3v) is 3.39. The van der Waals surface area contributed by atoms with E-state index in [1.54, 1.807) is 5.56 Å². The molecular weight excluding hydrogens is 144 g/mol. The van der Waals surface area contributed by atoms with Crippen LogP contribution >= 0.6 is 0 Å². The molecule has 1 unspecified atom stereocenters. The summed E-state index contributed by atoms with van der Waals surface area (Å²) < 4.78 is 0. The Bertz CT molecular complexity index is 362. The van der Waals surface area contributed by atoms with Gasteiger partial charge in [0.2, 0.25) is 0 Å². The van der Waals surface area contributed by atoms with E-state index in [0.717, 1.165) is 5.92 Å². The summed E-state index contributed by atoms with van der Waals surface area (Å²) >= 11 is 0. The van der Waals surface area contributed by atoms with Crippen molar-refractivity contribution in [3.05, 3.63) is 41.5 Å². The van der Waals surface area contributed by atoms with E-state index in [9.17, 15) is 0 Å². The molecule has 1 aromatic rings. The Morgan fingerprint density at radius 1 is 1.33 bits per heavy atom. The van der Waals surface area contributed by atoms with Crippen molar-refractivity contribution in [3.63, 3.8) is 0 Å². The highest BCUT2D eigenvalue weighted by Crippen LogP contribution is 2.58. The number of benzene rings is 1. The Hall–Kier alpha value is -1.04. The number of hydrogen-bond acceptors (Lipinski definition) is 0. The zero-order valence-electron chi connectivity index (χ0n) is 7.25. The number of fused-ring (bicyclic) bond motifs is 3. The smallest absolute Gasteiger partial charge is 0.0000298 e. The first kappa shape index (κ1) is 6.47. The Morgan fingerprint density at radius 2 is 2.17 bits per heavy atom. The zero-order valence-corrected chi connectivity index (χ0v) is 7.25. The first-order valence-electron chi connectivity index (χ1n) is 4.58. The molecule has 1 saturated carbocycles. The first-order chi connectivity index (χ1) is 5.81. The van der Waals surface area contributed by atoms with Crippen LogP contribution in [0.3, 0.4) is 0 Å². The molecule has 2 atom stereocenters. The summed E-state index contributed by atoms with van der Waals surface area (Å²) in [6.45, 7) is 2.38. The van der Waals surface area contributed by atoms with Crippen LogP contribution in [0, 0.1) is 5.92 Å². The highest BCUT2D eigenvalue weighted by atomic mass is 14.5. The van der Waals surface area contributed by atoms with Gasteiger partial charge in [-0.1, -0.05) is 43.3 Å². The molecule has 0 N–H and O–H groups in total. The average molecular weight is 156 g/mol. The quantitative estimate of drug-likeness (QED) is 0.541. The molecule has 3 rings (SSSR count). The van der Waals surface area contributed by atoms with Gasteiger partial charge < -0.3 is 0 Å². The lowest BCUT2D eigenvalue weighted by molar-refractivity contribution is 0.728. The fraction of sp³-hybridized carbons (Fsp3) is 0.333. The molecule has 1 aromatic carbocycles. The summed E-state index contributed by atoms with van der Waals surface area (Å²) in [7, 11) is 0. The van der Waals surface area contributed by atoms with Crippen molar-refractivity contribution in [2.24, 2.45) is 5.92 Å². The maximum atomic E-state index is 2.38. The first-order valence-corrected chi connectivity index (χ1v) is 4.58. The van der Waals surface area contributed by atoms with Crippen LogP contribution in [0.2, 0.25) is 0 Å². The van der Waals surface area contributed by atoms with Gasteiger partial charge in [0.05, 0.1) is 0 Å². The van der Waals surface area contributed by atoms with Gasteiger partial charge in [-0.25, -0.2) is 0 Å². The van der Waals surface area contributed by atoms with E-state index in [4.69, 9.17) is 0 Å². The molecule has 12 heavy (non-hydrogen) atoms.